The number of thioether (sulfide) groups is 1. The summed E-state index contributed by atoms with van der Waals surface area (Å²) in [7, 11) is 0. The Morgan fingerprint density at radius 3 is 2.77 bits per heavy atom. The summed E-state index contributed by atoms with van der Waals surface area (Å²) in [6, 6.07) is 15.2. The van der Waals surface area contributed by atoms with E-state index in [1.807, 2.05) is 42.5 Å². The Kier molecular flexibility index (Phi) is 4.54. The minimum Gasteiger partial charge on any atom is -0.461 e. The number of nitrogens with zero attached hydrogens (tertiary/aromatic N) is 3. The summed E-state index contributed by atoms with van der Waals surface area (Å²) in [4.78, 5) is 19.3. The van der Waals surface area contributed by atoms with Crippen molar-refractivity contribution in [2.75, 3.05) is 0 Å². The molecule has 154 valence electrons. The van der Waals surface area contributed by atoms with Crippen molar-refractivity contribution < 1.29 is 8.94 Å². The van der Waals surface area contributed by atoms with Gasteiger partial charge in [-0.25, -0.2) is 4.98 Å². The van der Waals surface area contributed by atoms with Crippen LogP contribution in [0, 0.1) is 0 Å². The normalized spacial score (nSPS) is 13.8. The summed E-state index contributed by atoms with van der Waals surface area (Å²) < 4.78 is 12.5. The molecule has 1 aromatic carbocycles. The molecule has 6 nitrogen and oxygen atoms in total. The first-order valence-corrected chi connectivity index (χ1v) is 11.9. The lowest BCUT2D eigenvalue weighted by molar-refractivity contribution is 0.413. The van der Waals surface area contributed by atoms with Crippen LogP contribution < -0.4 is 5.56 Å². The molecule has 31 heavy (non-hydrogen) atoms. The molecule has 1 aliphatic rings. The predicted molar refractivity (Wildman–Crippen MR) is 121 cm³/mol. The number of para-hydroxylation sites is 1. The zero-order valence-corrected chi connectivity index (χ0v) is 18.0. The van der Waals surface area contributed by atoms with Crippen molar-refractivity contribution in [1.29, 1.82) is 0 Å². The van der Waals surface area contributed by atoms with Gasteiger partial charge in [-0.1, -0.05) is 35.1 Å². The van der Waals surface area contributed by atoms with E-state index in [0.717, 1.165) is 40.0 Å². The molecule has 8 heteroatoms. The van der Waals surface area contributed by atoms with Crippen LogP contribution in [0.5, 0.6) is 0 Å². The quantitative estimate of drug-likeness (QED) is 0.240. The van der Waals surface area contributed by atoms with Crippen LogP contribution in [0.1, 0.15) is 30.0 Å². The molecule has 0 unspecified atom stereocenters. The van der Waals surface area contributed by atoms with Gasteiger partial charge in [0, 0.05) is 11.8 Å². The van der Waals surface area contributed by atoms with E-state index in [1.54, 1.807) is 28.2 Å². The van der Waals surface area contributed by atoms with Crippen molar-refractivity contribution >= 4 is 33.3 Å². The second-order valence-electron chi connectivity index (χ2n) is 7.46. The Morgan fingerprint density at radius 2 is 2.00 bits per heavy atom. The second kappa shape index (κ2) is 7.55. The topological polar surface area (TPSA) is 74.1 Å². The lowest BCUT2D eigenvalue weighted by Gasteiger charge is -2.12. The van der Waals surface area contributed by atoms with Crippen molar-refractivity contribution in [3.8, 4) is 17.2 Å². The van der Waals surface area contributed by atoms with Gasteiger partial charge in [0.1, 0.15) is 4.83 Å². The van der Waals surface area contributed by atoms with E-state index in [2.05, 4.69) is 10.5 Å². The van der Waals surface area contributed by atoms with E-state index in [9.17, 15) is 4.79 Å². The van der Waals surface area contributed by atoms with Gasteiger partial charge in [0.15, 0.2) is 10.9 Å². The first-order chi connectivity index (χ1) is 15.3. The van der Waals surface area contributed by atoms with Crippen LogP contribution in [-0.4, -0.2) is 14.7 Å². The number of aromatic nitrogens is 3. The summed E-state index contributed by atoms with van der Waals surface area (Å²) in [6.07, 6.45) is 3.90. The van der Waals surface area contributed by atoms with E-state index >= 15 is 0 Å². The van der Waals surface area contributed by atoms with Crippen molar-refractivity contribution in [2.24, 2.45) is 0 Å². The summed E-state index contributed by atoms with van der Waals surface area (Å²) in [5, 5.41) is 7.66. The standard InChI is InChI=1S/C23H17N3O3S2/c27-22-20-17(14-8-9-14)13-30-21(20)24-23(26(22)16-5-2-1-3-6-16)31-12-15-11-19(29-25-15)18-7-4-10-28-18/h1-7,10-11,13-14H,8-9,12H2. The van der Waals surface area contributed by atoms with Crippen molar-refractivity contribution in [3.05, 3.63) is 81.8 Å². The average Bonchev–Trinajstić information content (AvgIpc) is 3.20. The van der Waals surface area contributed by atoms with Crippen LogP contribution in [0.2, 0.25) is 0 Å². The number of hydrogen-bond acceptors (Lipinski definition) is 7. The third-order valence-electron chi connectivity index (χ3n) is 5.31. The molecular formula is C23H17N3O3S2. The number of hydrogen-bond donors (Lipinski definition) is 0. The number of rotatable bonds is 6. The van der Waals surface area contributed by atoms with Gasteiger partial charge < -0.3 is 8.94 Å². The smallest absolute Gasteiger partial charge is 0.267 e. The van der Waals surface area contributed by atoms with Gasteiger partial charge in [0.05, 0.1) is 23.0 Å². The van der Waals surface area contributed by atoms with Gasteiger partial charge >= 0.3 is 0 Å². The average molecular weight is 448 g/mol. The highest BCUT2D eigenvalue weighted by atomic mass is 32.2. The van der Waals surface area contributed by atoms with Crippen LogP contribution in [0.4, 0.5) is 0 Å². The molecule has 1 fully saturated rings. The third-order valence-corrected chi connectivity index (χ3v) is 7.17. The molecule has 0 radical (unpaired) electrons. The number of thiophene rings is 1. The minimum atomic E-state index is -0.00160. The highest BCUT2D eigenvalue weighted by Crippen LogP contribution is 2.44. The molecule has 1 saturated carbocycles. The summed E-state index contributed by atoms with van der Waals surface area (Å²) in [6.45, 7) is 0. The number of furan rings is 1. The molecular weight excluding hydrogens is 430 g/mol. The molecule has 1 aliphatic carbocycles. The Morgan fingerprint density at radius 1 is 1.13 bits per heavy atom. The SMILES string of the molecule is O=c1c2c(C3CC3)csc2nc(SCc2cc(-c3ccco3)on2)n1-c1ccccc1. The van der Waals surface area contributed by atoms with Gasteiger partial charge in [-0.15, -0.1) is 11.3 Å². The molecule has 0 saturated heterocycles. The first kappa shape index (κ1) is 18.7. The third kappa shape index (κ3) is 3.41. The van der Waals surface area contributed by atoms with E-state index in [0.29, 0.717) is 28.3 Å². The zero-order valence-electron chi connectivity index (χ0n) is 16.4. The minimum absolute atomic E-state index is 0.00160. The fourth-order valence-corrected chi connectivity index (χ4v) is 5.60. The van der Waals surface area contributed by atoms with Crippen molar-refractivity contribution in [2.45, 2.75) is 29.7 Å². The second-order valence-corrected chi connectivity index (χ2v) is 9.27. The largest absolute Gasteiger partial charge is 0.461 e. The molecule has 0 N–H and O–H groups in total. The van der Waals surface area contributed by atoms with Crippen LogP contribution in [0.3, 0.4) is 0 Å². The summed E-state index contributed by atoms with van der Waals surface area (Å²) >= 11 is 3.03. The fraction of sp³-hybridized carbons (Fsp3) is 0.174. The molecule has 6 rings (SSSR count). The molecule has 0 amide bonds. The van der Waals surface area contributed by atoms with Crippen LogP contribution >= 0.6 is 23.1 Å². The molecule has 0 bridgehead atoms. The van der Waals surface area contributed by atoms with Gasteiger partial charge in [-0.05, 0) is 54.0 Å². The molecule has 4 heterocycles. The molecule has 0 aliphatic heterocycles. The van der Waals surface area contributed by atoms with E-state index in [4.69, 9.17) is 13.9 Å². The van der Waals surface area contributed by atoms with Crippen molar-refractivity contribution in [3.63, 3.8) is 0 Å². The van der Waals surface area contributed by atoms with Crippen LogP contribution in [-0.2, 0) is 5.75 Å². The molecule has 0 spiro atoms. The maximum absolute atomic E-state index is 13.6. The molecule has 4 aromatic heterocycles. The van der Waals surface area contributed by atoms with E-state index in [1.165, 1.54) is 11.8 Å². The van der Waals surface area contributed by atoms with Crippen LogP contribution in [0.25, 0.3) is 27.4 Å². The lowest BCUT2D eigenvalue weighted by atomic mass is 10.1. The summed E-state index contributed by atoms with van der Waals surface area (Å²) in [5.74, 6) is 2.24. The lowest BCUT2D eigenvalue weighted by Crippen LogP contribution is -2.21. The Hall–Kier alpha value is -3.10. The van der Waals surface area contributed by atoms with Gasteiger partial charge in [0.2, 0.25) is 5.76 Å². The van der Waals surface area contributed by atoms with Crippen molar-refractivity contribution in [1.82, 2.24) is 14.7 Å². The Balaban J connectivity index is 1.40. The molecule has 0 atom stereocenters. The van der Waals surface area contributed by atoms with E-state index < -0.39 is 0 Å². The predicted octanol–water partition coefficient (Wildman–Crippen LogP) is 5.86. The fourth-order valence-electron chi connectivity index (χ4n) is 3.64. The van der Waals surface area contributed by atoms with Gasteiger partial charge in [-0.2, -0.15) is 0 Å². The Bertz CT molecular complexity index is 1410. The highest BCUT2D eigenvalue weighted by Gasteiger charge is 2.29. The van der Waals surface area contributed by atoms with Crippen LogP contribution in [0.15, 0.2) is 79.1 Å². The first-order valence-electron chi connectivity index (χ1n) is 10.00. The van der Waals surface area contributed by atoms with Gasteiger partial charge in [0.25, 0.3) is 5.56 Å². The monoisotopic (exact) mass is 447 g/mol. The number of benzene rings is 1. The zero-order chi connectivity index (χ0) is 20.8. The highest BCUT2D eigenvalue weighted by molar-refractivity contribution is 7.98. The van der Waals surface area contributed by atoms with Gasteiger partial charge in [-0.3, -0.25) is 9.36 Å². The number of fused-ring (bicyclic) bond motifs is 1. The summed E-state index contributed by atoms with van der Waals surface area (Å²) in [5.41, 5.74) is 2.72. The Labute approximate surface area is 185 Å². The maximum atomic E-state index is 13.6. The van der Waals surface area contributed by atoms with E-state index in [-0.39, 0.29) is 5.56 Å². The maximum Gasteiger partial charge on any atom is 0.267 e. The molecule has 5 aromatic rings.